The number of likely N-dealkylation sites (tertiary alicyclic amines) is 1. The van der Waals surface area contributed by atoms with Crippen LogP contribution < -0.4 is 0 Å². The van der Waals surface area contributed by atoms with Crippen LogP contribution in [-0.4, -0.2) is 41.5 Å². The van der Waals surface area contributed by atoms with Gasteiger partial charge in [-0.25, -0.2) is 0 Å². The Hall–Kier alpha value is -1.19. The second-order valence-corrected chi connectivity index (χ2v) is 7.65. The Morgan fingerprint density at radius 1 is 1.23 bits per heavy atom. The molecular formula is C19H29NO2. The van der Waals surface area contributed by atoms with E-state index in [2.05, 4.69) is 37.8 Å². The van der Waals surface area contributed by atoms with E-state index in [0.29, 0.717) is 6.54 Å². The third-order valence-electron chi connectivity index (χ3n) is 5.31. The Balaban J connectivity index is 2.14. The van der Waals surface area contributed by atoms with Crippen molar-refractivity contribution in [3.8, 4) is 0 Å². The van der Waals surface area contributed by atoms with Crippen LogP contribution in [-0.2, 0) is 4.79 Å². The molecule has 3 heteroatoms. The number of carbonyl (C=O) groups is 1. The predicted octanol–water partition coefficient (Wildman–Crippen LogP) is 3.09. The molecule has 1 aromatic carbocycles. The summed E-state index contributed by atoms with van der Waals surface area (Å²) in [5, 5.41) is 11.0. The van der Waals surface area contributed by atoms with Crippen LogP contribution in [0.2, 0.25) is 0 Å². The summed E-state index contributed by atoms with van der Waals surface area (Å²) in [6.07, 6.45) is 1.80. The van der Waals surface area contributed by atoms with Crippen LogP contribution in [0.4, 0.5) is 0 Å². The average Bonchev–Trinajstić information content (AvgIpc) is 2.89. The van der Waals surface area contributed by atoms with Crippen molar-refractivity contribution in [2.75, 3.05) is 19.6 Å². The van der Waals surface area contributed by atoms with Crippen molar-refractivity contribution in [3.63, 3.8) is 0 Å². The molecule has 122 valence electrons. The maximum atomic E-state index is 11.5. The number of nitrogens with zero attached hydrogens (tertiary/aromatic N) is 1. The Kier molecular flexibility index (Phi) is 5.08. The van der Waals surface area contributed by atoms with Crippen molar-refractivity contribution < 1.29 is 9.90 Å². The number of benzene rings is 1. The highest BCUT2D eigenvalue weighted by Crippen LogP contribution is 2.37. The summed E-state index contributed by atoms with van der Waals surface area (Å²) in [5.74, 6) is 0.253. The van der Waals surface area contributed by atoms with Crippen LogP contribution >= 0.6 is 0 Å². The molecule has 0 spiro atoms. The number of β-amino-alcohol motifs (C(OH)–C–C–N with tert-alkyl or cyclic N) is 1. The second-order valence-electron chi connectivity index (χ2n) is 7.65. The third kappa shape index (κ3) is 3.41. The number of rotatable bonds is 5. The van der Waals surface area contributed by atoms with E-state index in [1.54, 1.807) is 0 Å². The number of aldehydes is 1. The molecule has 3 atom stereocenters. The molecule has 2 rings (SSSR count). The predicted molar refractivity (Wildman–Crippen MR) is 89.9 cm³/mol. The maximum Gasteiger partial charge on any atom is 0.125 e. The van der Waals surface area contributed by atoms with Gasteiger partial charge in [-0.05, 0) is 17.4 Å². The van der Waals surface area contributed by atoms with Gasteiger partial charge in [0.25, 0.3) is 0 Å². The first-order chi connectivity index (χ1) is 10.3. The van der Waals surface area contributed by atoms with Gasteiger partial charge in [-0.1, -0.05) is 58.0 Å². The Morgan fingerprint density at radius 2 is 1.86 bits per heavy atom. The van der Waals surface area contributed by atoms with Crippen molar-refractivity contribution >= 4 is 6.29 Å². The number of hydrogen-bond donors (Lipinski definition) is 1. The van der Waals surface area contributed by atoms with Gasteiger partial charge in [0, 0.05) is 31.5 Å². The molecule has 0 saturated carbocycles. The molecule has 0 radical (unpaired) electrons. The van der Waals surface area contributed by atoms with Crippen molar-refractivity contribution in [3.05, 3.63) is 35.9 Å². The molecule has 1 heterocycles. The summed E-state index contributed by atoms with van der Waals surface area (Å²) in [5.41, 5.74) is 0.313. The zero-order chi connectivity index (χ0) is 16.4. The highest BCUT2D eigenvalue weighted by molar-refractivity contribution is 5.57. The molecule has 1 fully saturated rings. The smallest absolute Gasteiger partial charge is 0.125 e. The summed E-state index contributed by atoms with van der Waals surface area (Å²) < 4.78 is 0. The largest absolute Gasteiger partial charge is 0.388 e. The van der Waals surface area contributed by atoms with Crippen LogP contribution in [0.15, 0.2) is 30.3 Å². The Bertz CT molecular complexity index is 494. The number of hydrogen-bond acceptors (Lipinski definition) is 3. The molecule has 0 bridgehead atoms. The standard InChI is InChI=1S/C19H29NO2/c1-5-19(22,18(2,3)4)14-20-11-16(13-21)17(12-20)15-9-7-6-8-10-15/h6-10,13,16-17,22H,5,11-12,14H2,1-4H3/t16?,17-,19-/m1/s1. The molecular weight excluding hydrogens is 274 g/mol. The number of aliphatic hydroxyl groups is 1. The lowest BCUT2D eigenvalue weighted by molar-refractivity contribution is -0.111. The minimum Gasteiger partial charge on any atom is -0.388 e. The van der Waals surface area contributed by atoms with Crippen molar-refractivity contribution in [2.45, 2.75) is 45.6 Å². The van der Waals surface area contributed by atoms with E-state index in [1.807, 2.05) is 25.1 Å². The lowest BCUT2D eigenvalue weighted by Crippen LogP contribution is -2.51. The van der Waals surface area contributed by atoms with Crippen LogP contribution in [0.3, 0.4) is 0 Å². The van der Waals surface area contributed by atoms with E-state index < -0.39 is 5.60 Å². The van der Waals surface area contributed by atoms with E-state index in [-0.39, 0.29) is 17.3 Å². The summed E-state index contributed by atoms with van der Waals surface area (Å²) in [4.78, 5) is 13.7. The fraction of sp³-hybridized carbons (Fsp3) is 0.632. The van der Waals surface area contributed by atoms with Crippen LogP contribution in [0.25, 0.3) is 0 Å². The first kappa shape index (κ1) is 17.2. The molecule has 0 aromatic heterocycles. The van der Waals surface area contributed by atoms with Gasteiger partial charge in [-0.3, -0.25) is 4.90 Å². The van der Waals surface area contributed by atoms with Crippen LogP contribution in [0.5, 0.6) is 0 Å². The molecule has 1 aromatic rings. The van der Waals surface area contributed by atoms with Gasteiger partial charge in [0.1, 0.15) is 6.29 Å². The summed E-state index contributed by atoms with van der Waals surface area (Å²) in [6.45, 7) is 10.5. The molecule has 0 aliphatic carbocycles. The first-order valence-corrected chi connectivity index (χ1v) is 8.25. The molecule has 1 unspecified atom stereocenters. The molecule has 1 aliphatic rings. The zero-order valence-corrected chi connectivity index (χ0v) is 14.2. The quantitative estimate of drug-likeness (QED) is 0.850. The Labute approximate surface area is 134 Å². The van der Waals surface area contributed by atoms with E-state index in [1.165, 1.54) is 5.56 Å². The minimum atomic E-state index is -0.730. The zero-order valence-electron chi connectivity index (χ0n) is 14.2. The Morgan fingerprint density at radius 3 is 2.36 bits per heavy atom. The highest BCUT2D eigenvalue weighted by atomic mass is 16.3. The molecule has 22 heavy (non-hydrogen) atoms. The van der Waals surface area contributed by atoms with Gasteiger partial charge in [-0.15, -0.1) is 0 Å². The minimum absolute atomic E-state index is 0.0171. The van der Waals surface area contributed by atoms with E-state index >= 15 is 0 Å². The van der Waals surface area contributed by atoms with Gasteiger partial charge >= 0.3 is 0 Å². The third-order valence-corrected chi connectivity index (χ3v) is 5.31. The average molecular weight is 303 g/mol. The van der Waals surface area contributed by atoms with Gasteiger partial charge in [0.15, 0.2) is 0 Å². The molecule has 0 amide bonds. The summed E-state index contributed by atoms with van der Waals surface area (Å²) in [6, 6.07) is 10.2. The normalized spacial score (nSPS) is 25.9. The second kappa shape index (κ2) is 6.51. The van der Waals surface area contributed by atoms with Gasteiger partial charge < -0.3 is 9.90 Å². The van der Waals surface area contributed by atoms with Crippen molar-refractivity contribution in [2.24, 2.45) is 11.3 Å². The molecule has 1 saturated heterocycles. The SMILES string of the molecule is CC[C@@](O)(CN1CC(C=O)[C@@H](c2ccccc2)C1)C(C)(C)C. The highest BCUT2D eigenvalue weighted by Gasteiger charge is 2.43. The van der Waals surface area contributed by atoms with Crippen LogP contribution in [0, 0.1) is 11.3 Å². The van der Waals surface area contributed by atoms with Gasteiger partial charge in [0.05, 0.1) is 5.60 Å². The van der Waals surface area contributed by atoms with E-state index in [4.69, 9.17) is 0 Å². The van der Waals surface area contributed by atoms with E-state index in [0.717, 1.165) is 25.8 Å². The fourth-order valence-corrected chi connectivity index (χ4v) is 3.48. The van der Waals surface area contributed by atoms with Crippen molar-refractivity contribution in [1.29, 1.82) is 0 Å². The molecule has 3 nitrogen and oxygen atoms in total. The summed E-state index contributed by atoms with van der Waals surface area (Å²) >= 11 is 0. The molecule has 1 aliphatic heterocycles. The van der Waals surface area contributed by atoms with Gasteiger partial charge in [0.2, 0.25) is 0 Å². The topological polar surface area (TPSA) is 40.5 Å². The maximum absolute atomic E-state index is 11.5. The van der Waals surface area contributed by atoms with Crippen molar-refractivity contribution in [1.82, 2.24) is 4.90 Å². The van der Waals surface area contributed by atoms with Gasteiger partial charge in [-0.2, -0.15) is 0 Å². The first-order valence-electron chi connectivity index (χ1n) is 8.25. The fourth-order valence-electron chi connectivity index (χ4n) is 3.48. The lowest BCUT2D eigenvalue weighted by Gasteiger charge is -2.42. The lowest BCUT2D eigenvalue weighted by atomic mass is 9.74. The van der Waals surface area contributed by atoms with Crippen LogP contribution in [0.1, 0.15) is 45.6 Å². The monoisotopic (exact) mass is 303 g/mol. The molecule has 1 N–H and O–H groups in total. The summed E-state index contributed by atoms with van der Waals surface area (Å²) in [7, 11) is 0. The van der Waals surface area contributed by atoms with E-state index in [9.17, 15) is 9.90 Å². The number of carbonyl (C=O) groups excluding carboxylic acids is 1.